The Hall–Kier alpha value is -1.90. The van der Waals surface area contributed by atoms with Crippen molar-refractivity contribution in [1.29, 1.82) is 0 Å². The number of benzene rings is 1. The Labute approximate surface area is 135 Å². The van der Waals surface area contributed by atoms with E-state index in [2.05, 4.69) is 55.0 Å². The predicted molar refractivity (Wildman–Crippen MR) is 89.7 cm³/mol. The van der Waals surface area contributed by atoms with Gasteiger partial charge in [-0.2, -0.15) is 15.1 Å². The molecule has 0 fully saturated rings. The highest BCUT2D eigenvalue weighted by Gasteiger charge is 2.11. The predicted octanol–water partition coefficient (Wildman–Crippen LogP) is 3.57. The Morgan fingerprint density at radius 2 is 2.24 bits per heavy atom. The van der Waals surface area contributed by atoms with Crippen LogP contribution in [0.5, 0.6) is 11.6 Å². The Balaban J connectivity index is 1.97. The molecule has 0 amide bonds. The molecule has 3 aromatic rings. The highest BCUT2D eigenvalue weighted by molar-refractivity contribution is 14.1. The van der Waals surface area contributed by atoms with Crippen LogP contribution < -0.4 is 10.1 Å². The summed E-state index contributed by atoms with van der Waals surface area (Å²) >= 11 is 2.25. The first-order chi connectivity index (χ1) is 10.3. The van der Waals surface area contributed by atoms with Crippen LogP contribution in [0.15, 0.2) is 30.5 Å². The van der Waals surface area contributed by atoms with Gasteiger partial charge in [0.15, 0.2) is 5.65 Å². The fourth-order valence-electron chi connectivity index (χ4n) is 1.84. The summed E-state index contributed by atoms with van der Waals surface area (Å²) in [6, 6.07) is 7.80. The number of nitrogens with one attached hydrogen (secondary N) is 2. The van der Waals surface area contributed by atoms with Gasteiger partial charge in [0.05, 0.1) is 6.20 Å². The molecule has 0 aliphatic heterocycles. The number of H-pyrrole nitrogens is 1. The lowest BCUT2D eigenvalue weighted by molar-refractivity contribution is 0.468. The molecule has 0 unspecified atom stereocenters. The number of anilines is 1. The lowest BCUT2D eigenvalue weighted by Crippen LogP contribution is -2.05. The summed E-state index contributed by atoms with van der Waals surface area (Å²) < 4.78 is 7.00. The van der Waals surface area contributed by atoms with Crippen LogP contribution in [0.1, 0.15) is 13.3 Å². The molecule has 7 heteroatoms. The van der Waals surface area contributed by atoms with Crippen LogP contribution in [0.4, 0.5) is 5.95 Å². The molecule has 2 aromatic heterocycles. The van der Waals surface area contributed by atoms with Gasteiger partial charge in [-0.15, -0.1) is 0 Å². The quantitative estimate of drug-likeness (QED) is 0.646. The maximum absolute atomic E-state index is 5.90. The van der Waals surface area contributed by atoms with E-state index in [1.54, 1.807) is 6.20 Å². The van der Waals surface area contributed by atoms with Crippen molar-refractivity contribution in [3.8, 4) is 11.6 Å². The third-order valence-electron chi connectivity index (χ3n) is 2.82. The zero-order valence-electron chi connectivity index (χ0n) is 11.4. The topological polar surface area (TPSA) is 75.7 Å². The molecule has 0 aliphatic rings. The van der Waals surface area contributed by atoms with Gasteiger partial charge in [-0.1, -0.05) is 13.0 Å². The van der Waals surface area contributed by atoms with E-state index < -0.39 is 0 Å². The number of hydrogen-bond donors (Lipinski definition) is 2. The van der Waals surface area contributed by atoms with Crippen LogP contribution >= 0.6 is 22.6 Å². The molecule has 2 heterocycles. The summed E-state index contributed by atoms with van der Waals surface area (Å²) in [6.07, 6.45) is 2.67. The third-order valence-corrected chi connectivity index (χ3v) is 3.49. The molecule has 6 nitrogen and oxygen atoms in total. The number of fused-ring (bicyclic) bond motifs is 1. The van der Waals surface area contributed by atoms with Gasteiger partial charge in [0.25, 0.3) is 0 Å². The highest BCUT2D eigenvalue weighted by Crippen LogP contribution is 2.28. The summed E-state index contributed by atoms with van der Waals surface area (Å²) in [7, 11) is 0. The number of halogens is 1. The van der Waals surface area contributed by atoms with E-state index in [4.69, 9.17) is 4.74 Å². The number of ether oxygens (including phenoxy) is 1. The molecule has 0 radical (unpaired) electrons. The van der Waals surface area contributed by atoms with E-state index in [0.29, 0.717) is 17.5 Å². The second-order valence-corrected chi connectivity index (χ2v) is 5.72. The average molecular weight is 395 g/mol. The second kappa shape index (κ2) is 6.25. The van der Waals surface area contributed by atoms with Gasteiger partial charge < -0.3 is 10.1 Å². The minimum Gasteiger partial charge on any atom is -0.438 e. The molecule has 0 saturated carbocycles. The van der Waals surface area contributed by atoms with Gasteiger partial charge in [0.1, 0.15) is 11.1 Å². The monoisotopic (exact) mass is 395 g/mol. The van der Waals surface area contributed by atoms with Crippen molar-refractivity contribution < 1.29 is 4.74 Å². The highest BCUT2D eigenvalue weighted by atomic mass is 127. The van der Waals surface area contributed by atoms with E-state index >= 15 is 0 Å². The number of hydrogen-bond acceptors (Lipinski definition) is 5. The van der Waals surface area contributed by atoms with Crippen molar-refractivity contribution in [2.24, 2.45) is 0 Å². The largest absolute Gasteiger partial charge is 0.438 e. The first-order valence-corrected chi connectivity index (χ1v) is 7.72. The fourth-order valence-corrected chi connectivity index (χ4v) is 2.36. The Morgan fingerprint density at radius 1 is 1.33 bits per heavy atom. The molecular formula is C14H14IN5O. The van der Waals surface area contributed by atoms with Gasteiger partial charge in [-0.3, -0.25) is 5.10 Å². The molecular weight excluding hydrogens is 381 g/mol. The first kappa shape index (κ1) is 14.1. The molecule has 0 spiro atoms. The van der Waals surface area contributed by atoms with Crippen LogP contribution in [-0.4, -0.2) is 26.7 Å². The van der Waals surface area contributed by atoms with Gasteiger partial charge in [-0.25, -0.2) is 0 Å². The van der Waals surface area contributed by atoms with Crippen molar-refractivity contribution in [2.45, 2.75) is 13.3 Å². The maximum atomic E-state index is 5.90. The zero-order valence-corrected chi connectivity index (χ0v) is 13.6. The first-order valence-electron chi connectivity index (χ1n) is 6.64. The molecule has 2 N–H and O–H groups in total. The van der Waals surface area contributed by atoms with Crippen LogP contribution in [0.3, 0.4) is 0 Å². The van der Waals surface area contributed by atoms with E-state index in [1.807, 2.05) is 24.3 Å². The Kier molecular flexibility index (Phi) is 4.18. The van der Waals surface area contributed by atoms with Crippen molar-refractivity contribution in [2.75, 3.05) is 11.9 Å². The number of rotatable bonds is 5. The van der Waals surface area contributed by atoms with Gasteiger partial charge in [-0.05, 0) is 47.2 Å². The van der Waals surface area contributed by atoms with Crippen LogP contribution in [0.25, 0.3) is 11.0 Å². The van der Waals surface area contributed by atoms with Crippen molar-refractivity contribution in [3.63, 3.8) is 0 Å². The number of aromatic nitrogens is 4. The molecule has 0 aliphatic carbocycles. The normalized spacial score (nSPS) is 10.8. The smallest absolute Gasteiger partial charge is 0.235 e. The van der Waals surface area contributed by atoms with Crippen LogP contribution in [0, 0.1) is 3.57 Å². The molecule has 3 rings (SSSR count). The fraction of sp³-hybridized carbons (Fsp3) is 0.214. The zero-order chi connectivity index (χ0) is 14.7. The average Bonchev–Trinajstić information content (AvgIpc) is 2.94. The lowest BCUT2D eigenvalue weighted by Gasteiger charge is -2.08. The molecule has 108 valence electrons. The third kappa shape index (κ3) is 3.23. The van der Waals surface area contributed by atoms with Crippen LogP contribution in [0.2, 0.25) is 0 Å². The minimum absolute atomic E-state index is 0.495. The number of aromatic amines is 1. The maximum Gasteiger partial charge on any atom is 0.235 e. The number of nitrogens with zero attached hydrogens (tertiary/aromatic N) is 3. The van der Waals surface area contributed by atoms with E-state index in [1.165, 1.54) is 0 Å². The Morgan fingerprint density at radius 3 is 3.05 bits per heavy atom. The second-order valence-electron chi connectivity index (χ2n) is 4.47. The summed E-state index contributed by atoms with van der Waals surface area (Å²) in [6.45, 7) is 2.90. The molecule has 0 atom stereocenters. The lowest BCUT2D eigenvalue weighted by atomic mass is 10.3. The van der Waals surface area contributed by atoms with E-state index in [-0.39, 0.29) is 0 Å². The molecule has 21 heavy (non-hydrogen) atoms. The Bertz CT molecular complexity index is 758. The minimum atomic E-state index is 0.495. The molecule has 0 saturated heterocycles. The van der Waals surface area contributed by atoms with Crippen LogP contribution in [-0.2, 0) is 0 Å². The summed E-state index contributed by atoms with van der Waals surface area (Å²) in [5.74, 6) is 1.77. The standard InChI is InChI=1S/C14H14IN5O/c1-2-6-16-14-18-12-11(8-17-20-12)13(19-14)21-10-5-3-4-9(15)7-10/h3-5,7-8H,2,6H2,1H3,(H2,16,17,18,19,20). The SMILES string of the molecule is CCCNc1nc(Oc2cccc(I)c2)c2cn[nH]c2n1. The van der Waals surface area contributed by atoms with E-state index in [9.17, 15) is 0 Å². The van der Waals surface area contributed by atoms with Gasteiger partial charge >= 0.3 is 0 Å². The molecule has 1 aromatic carbocycles. The summed E-state index contributed by atoms with van der Waals surface area (Å²) in [5.41, 5.74) is 0.657. The summed E-state index contributed by atoms with van der Waals surface area (Å²) in [4.78, 5) is 8.80. The van der Waals surface area contributed by atoms with Gasteiger partial charge in [0, 0.05) is 10.1 Å². The molecule has 0 bridgehead atoms. The summed E-state index contributed by atoms with van der Waals surface area (Å²) in [5, 5.41) is 10.8. The van der Waals surface area contributed by atoms with Crippen molar-refractivity contribution >= 4 is 39.6 Å². The van der Waals surface area contributed by atoms with Crippen molar-refractivity contribution in [3.05, 3.63) is 34.0 Å². The van der Waals surface area contributed by atoms with E-state index in [0.717, 1.165) is 27.7 Å². The van der Waals surface area contributed by atoms with Crippen molar-refractivity contribution in [1.82, 2.24) is 20.2 Å². The van der Waals surface area contributed by atoms with Gasteiger partial charge in [0.2, 0.25) is 11.8 Å².